The summed E-state index contributed by atoms with van der Waals surface area (Å²) in [4.78, 5) is 5.27. The number of piperazine rings is 1. The van der Waals surface area contributed by atoms with Gasteiger partial charge in [-0.3, -0.25) is 9.80 Å². The van der Waals surface area contributed by atoms with Gasteiger partial charge in [0.05, 0.1) is 0 Å². The maximum atomic E-state index is 3.67. The molecule has 1 heterocycles. The van der Waals surface area contributed by atoms with Crippen molar-refractivity contribution in [3.05, 3.63) is 0 Å². The summed E-state index contributed by atoms with van der Waals surface area (Å²) in [5.74, 6) is 0.760. The van der Waals surface area contributed by atoms with E-state index in [1.807, 2.05) is 0 Å². The van der Waals surface area contributed by atoms with Crippen molar-refractivity contribution in [2.75, 3.05) is 32.7 Å². The van der Waals surface area contributed by atoms with E-state index in [4.69, 9.17) is 0 Å². The Morgan fingerprint density at radius 2 is 1.50 bits per heavy atom. The molecule has 106 valence electrons. The number of hydrogen-bond donors (Lipinski definition) is 1. The Labute approximate surface area is 113 Å². The van der Waals surface area contributed by atoms with Crippen molar-refractivity contribution in [3.63, 3.8) is 0 Å². The lowest BCUT2D eigenvalue weighted by Gasteiger charge is -2.41. The topological polar surface area (TPSA) is 18.5 Å². The highest BCUT2D eigenvalue weighted by Crippen LogP contribution is 2.20. The van der Waals surface area contributed by atoms with Crippen LogP contribution in [0.3, 0.4) is 0 Å². The minimum absolute atomic E-state index is 0.705. The molecule has 1 saturated carbocycles. The Morgan fingerprint density at radius 3 is 2.00 bits per heavy atom. The van der Waals surface area contributed by atoms with Crippen molar-refractivity contribution in [2.45, 2.75) is 58.7 Å². The van der Waals surface area contributed by atoms with E-state index in [2.05, 4.69) is 42.8 Å². The van der Waals surface area contributed by atoms with Gasteiger partial charge in [-0.25, -0.2) is 0 Å². The molecule has 2 atom stereocenters. The molecule has 3 heteroatoms. The zero-order valence-corrected chi connectivity index (χ0v) is 12.7. The first-order valence-electron chi connectivity index (χ1n) is 7.79. The average molecular weight is 253 g/mol. The van der Waals surface area contributed by atoms with Crippen LogP contribution < -0.4 is 5.32 Å². The molecular formula is C15H31N3. The van der Waals surface area contributed by atoms with Gasteiger partial charge in [-0.15, -0.1) is 0 Å². The van der Waals surface area contributed by atoms with Crippen LogP contribution in [0.1, 0.15) is 40.5 Å². The van der Waals surface area contributed by atoms with Crippen LogP contribution in [0.4, 0.5) is 0 Å². The van der Waals surface area contributed by atoms with Crippen LogP contribution in [0.25, 0.3) is 0 Å². The largest absolute Gasteiger partial charge is 0.314 e. The summed E-state index contributed by atoms with van der Waals surface area (Å²) in [6.07, 6.45) is 2.79. The van der Waals surface area contributed by atoms with E-state index in [0.29, 0.717) is 12.1 Å². The normalized spacial score (nSPS) is 26.5. The Bertz CT molecular complexity index is 242. The molecule has 3 nitrogen and oxygen atoms in total. The molecular weight excluding hydrogens is 222 g/mol. The van der Waals surface area contributed by atoms with Gasteiger partial charge in [0.2, 0.25) is 0 Å². The summed E-state index contributed by atoms with van der Waals surface area (Å²) in [5.41, 5.74) is 0. The van der Waals surface area contributed by atoms with Crippen molar-refractivity contribution in [1.82, 2.24) is 15.1 Å². The standard InChI is InChI=1S/C15H31N3/c1-12(2)17-7-9-18(10-8-17)14(4)13(3)11-16-15-5-6-15/h12-16H,5-11H2,1-4H3. The molecule has 0 aromatic heterocycles. The molecule has 0 aromatic carbocycles. The molecule has 1 saturated heterocycles. The summed E-state index contributed by atoms with van der Waals surface area (Å²) >= 11 is 0. The van der Waals surface area contributed by atoms with E-state index in [1.165, 1.54) is 45.6 Å². The predicted octanol–water partition coefficient (Wildman–Crippen LogP) is 1.79. The summed E-state index contributed by atoms with van der Waals surface area (Å²) in [7, 11) is 0. The van der Waals surface area contributed by atoms with Gasteiger partial charge in [0.1, 0.15) is 0 Å². The van der Waals surface area contributed by atoms with Gasteiger partial charge in [0.25, 0.3) is 0 Å². The van der Waals surface area contributed by atoms with Gasteiger partial charge in [-0.2, -0.15) is 0 Å². The van der Waals surface area contributed by atoms with Gasteiger partial charge >= 0.3 is 0 Å². The van der Waals surface area contributed by atoms with E-state index in [0.717, 1.165) is 12.0 Å². The number of nitrogens with zero attached hydrogens (tertiary/aromatic N) is 2. The van der Waals surface area contributed by atoms with Crippen LogP contribution in [-0.4, -0.2) is 60.6 Å². The zero-order valence-electron chi connectivity index (χ0n) is 12.7. The lowest BCUT2D eigenvalue weighted by Crippen LogP contribution is -2.53. The number of nitrogens with one attached hydrogen (secondary N) is 1. The second-order valence-electron chi connectivity index (χ2n) is 6.57. The first-order valence-corrected chi connectivity index (χ1v) is 7.79. The number of hydrogen-bond acceptors (Lipinski definition) is 3. The molecule has 0 spiro atoms. The Kier molecular flexibility index (Phi) is 5.05. The molecule has 1 aliphatic heterocycles. The molecule has 0 aromatic rings. The lowest BCUT2D eigenvalue weighted by atomic mass is 10.0. The molecule has 2 fully saturated rings. The average Bonchev–Trinajstić information content (AvgIpc) is 3.19. The molecule has 2 unspecified atom stereocenters. The summed E-state index contributed by atoms with van der Waals surface area (Å²) in [6.45, 7) is 15.6. The molecule has 0 amide bonds. The minimum atomic E-state index is 0.705. The highest BCUT2D eigenvalue weighted by atomic mass is 15.3. The molecule has 18 heavy (non-hydrogen) atoms. The second kappa shape index (κ2) is 6.36. The van der Waals surface area contributed by atoms with Crippen LogP contribution >= 0.6 is 0 Å². The van der Waals surface area contributed by atoms with Crippen molar-refractivity contribution < 1.29 is 0 Å². The SMILES string of the molecule is CC(CNC1CC1)C(C)N1CCN(C(C)C)CC1. The predicted molar refractivity (Wildman–Crippen MR) is 77.9 cm³/mol. The maximum absolute atomic E-state index is 3.67. The Hall–Kier alpha value is -0.120. The van der Waals surface area contributed by atoms with Crippen LogP contribution in [0.5, 0.6) is 0 Å². The summed E-state index contributed by atoms with van der Waals surface area (Å²) in [6, 6.07) is 2.26. The number of rotatable bonds is 6. The molecule has 0 radical (unpaired) electrons. The van der Waals surface area contributed by atoms with Gasteiger partial charge in [0, 0.05) is 44.3 Å². The quantitative estimate of drug-likeness (QED) is 0.778. The highest BCUT2D eigenvalue weighted by Gasteiger charge is 2.27. The minimum Gasteiger partial charge on any atom is -0.314 e. The van der Waals surface area contributed by atoms with E-state index in [-0.39, 0.29) is 0 Å². The van der Waals surface area contributed by atoms with Crippen molar-refractivity contribution in [1.29, 1.82) is 0 Å². The van der Waals surface area contributed by atoms with Crippen LogP contribution in [-0.2, 0) is 0 Å². The maximum Gasteiger partial charge on any atom is 0.0113 e. The van der Waals surface area contributed by atoms with Crippen molar-refractivity contribution in [3.8, 4) is 0 Å². The summed E-state index contributed by atoms with van der Waals surface area (Å²) in [5, 5.41) is 3.67. The molecule has 0 bridgehead atoms. The van der Waals surface area contributed by atoms with E-state index in [9.17, 15) is 0 Å². The van der Waals surface area contributed by atoms with E-state index in [1.54, 1.807) is 0 Å². The Balaban J connectivity index is 1.70. The fourth-order valence-corrected chi connectivity index (χ4v) is 2.83. The molecule has 1 aliphatic carbocycles. The zero-order chi connectivity index (χ0) is 13.1. The highest BCUT2D eigenvalue weighted by molar-refractivity contribution is 4.85. The van der Waals surface area contributed by atoms with Gasteiger partial charge in [0.15, 0.2) is 0 Å². The Morgan fingerprint density at radius 1 is 0.944 bits per heavy atom. The van der Waals surface area contributed by atoms with E-state index < -0.39 is 0 Å². The third kappa shape index (κ3) is 3.94. The summed E-state index contributed by atoms with van der Waals surface area (Å²) < 4.78 is 0. The van der Waals surface area contributed by atoms with Crippen LogP contribution in [0, 0.1) is 5.92 Å². The molecule has 2 rings (SSSR count). The van der Waals surface area contributed by atoms with Gasteiger partial charge in [-0.05, 0) is 46.1 Å². The van der Waals surface area contributed by atoms with Crippen LogP contribution in [0.15, 0.2) is 0 Å². The van der Waals surface area contributed by atoms with Crippen LogP contribution in [0.2, 0.25) is 0 Å². The van der Waals surface area contributed by atoms with Crippen molar-refractivity contribution in [2.24, 2.45) is 5.92 Å². The smallest absolute Gasteiger partial charge is 0.0113 e. The van der Waals surface area contributed by atoms with Gasteiger partial charge < -0.3 is 5.32 Å². The second-order valence-corrected chi connectivity index (χ2v) is 6.57. The fraction of sp³-hybridized carbons (Fsp3) is 1.00. The molecule has 1 N–H and O–H groups in total. The lowest BCUT2D eigenvalue weighted by molar-refractivity contribution is 0.0655. The fourth-order valence-electron chi connectivity index (χ4n) is 2.83. The third-order valence-corrected chi connectivity index (χ3v) is 4.78. The van der Waals surface area contributed by atoms with Gasteiger partial charge in [-0.1, -0.05) is 6.92 Å². The first-order chi connectivity index (χ1) is 8.58. The molecule has 2 aliphatic rings. The third-order valence-electron chi connectivity index (χ3n) is 4.78. The first kappa shape index (κ1) is 14.3. The monoisotopic (exact) mass is 253 g/mol. The van der Waals surface area contributed by atoms with Crippen molar-refractivity contribution >= 4 is 0 Å². The van der Waals surface area contributed by atoms with E-state index >= 15 is 0 Å².